The summed E-state index contributed by atoms with van der Waals surface area (Å²) in [6.45, 7) is 3.34. The number of halogens is 1. The Balaban J connectivity index is 2.66. The van der Waals surface area contributed by atoms with Crippen LogP contribution in [0, 0.1) is 10.1 Å². The number of nitrogens with one attached hydrogen (secondary N) is 1. The van der Waals surface area contributed by atoms with E-state index >= 15 is 0 Å². The van der Waals surface area contributed by atoms with Gasteiger partial charge < -0.3 is 10.1 Å². The van der Waals surface area contributed by atoms with Gasteiger partial charge in [0, 0.05) is 17.1 Å². The monoisotopic (exact) mass is 328 g/mol. The fourth-order valence-electron chi connectivity index (χ4n) is 1.86. The Labute approximate surface area is 132 Å². The summed E-state index contributed by atoms with van der Waals surface area (Å²) in [6, 6.07) is 3.57. The van der Waals surface area contributed by atoms with Gasteiger partial charge in [-0.05, 0) is 25.5 Å². The lowest BCUT2D eigenvalue weighted by molar-refractivity contribution is -0.385. The molecule has 0 aliphatic heterocycles. The van der Waals surface area contributed by atoms with E-state index in [1.165, 1.54) is 12.1 Å². The van der Waals surface area contributed by atoms with Crippen molar-refractivity contribution in [1.82, 2.24) is 5.32 Å². The highest BCUT2D eigenvalue weighted by molar-refractivity contribution is 6.31. The van der Waals surface area contributed by atoms with Crippen LogP contribution in [0.4, 0.5) is 5.69 Å². The van der Waals surface area contributed by atoms with Gasteiger partial charge in [-0.25, -0.2) is 4.79 Å². The molecule has 1 atom stereocenters. The van der Waals surface area contributed by atoms with E-state index in [0.29, 0.717) is 0 Å². The Morgan fingerprint density at radius 1 is 1.45 bits per heavy atom. The van der Waals surface area contributed by atoms with Crippen molar-refractivity contribution in [2.75, 3.05) is 6.61 Å². The molecule has 8 heteroatoms. The van der Waals surface area contributed by atoms with Gasteiger partial charge in [0.15, 0.2) is 6.61 Å². The smallest absolute Gasteiger partial charge is 0.345 e. The number of hydrogen-bond donors (Lipinski definition) is 1. The molecule has 0 radical (unpaired) electrons. The van der Waals surface area contributed by atoms with Gasteiger partial charge >= 0.3 is 5.97 Å². The number of carbonyl (C=O) groups is 2. The van der Waals surface area contributed by atoms with Crippen LogP contribution in [0.3, 0.4) is 0 Å². The molecule has 0 bridgehead atoms. The lowest BCUT2D eigenvalue weighted by Gasteiger charge is -2.12. The van der Waals surface area contributed by atoms with Gasteiger partial charge in [0.25, 0.3) is 11.6 Å². The van der Waals surface area contributed by atoms with Crippen LogP contribution in [0.5, 0.6) is 0 Å². The molecule has 1 amide bonds. The van der Waals surface area contributed by atoms with Crippen molar-refractivity contribution in [2.24, 2.45) is 0 Å². The van der Waals surface area contributed by atoms with Crippen molar-refractivity contribution < 1.29 is 19.2 Å². The predicted molar refractivity (Wildman–Crippen MR) is 80.9 cm³/mol. The molecular formula is C14H17ClN2O5. The maximum absolute atomic E-state index is 11.8. The molecule has 0 spiro atoms. The van der Waals surface area contributed by atoms with Gasteiger partial charge in [-0.3, -0.25) is 14.9 Å². The summed E-state index contributed by atoms with van der Waals surface area (Å²) in [5.41, 5.74) is -0.707. The minimum atomic E-state index is -0.943. The summed E-state index contributed by atoms with van der Waals surface area (Å²) in [5.74, 6) is -1.40. The Bertz CT molecular complexity index is 576. The van der Waals surface area contributed by atoms with Gasteiger partial charge in [0.1, 0.15) is 5.56 Å². The highest BCUT2D eigenvalue weighted by Crippen LogP contribution is 2.23. The second-order valence-corrected chi connectivity index (χ2v) is 5.19. The van der Waals surface area contributed by atoms with Crippen LogP contribution >= 0.6 is 11.6 Å². The van der Waals surface area contributed by atoms with Crippen molar-refractivity contribution in [3.8, 4) is 0 Å². The summed E-state index contributed by atoms with van der Waals surface area (Å²) in [4.78, 5) is 33.6. The number of esters is 1. The van der Waals surface area contributed by atoms with Crippen LogP contribution in [0.15, 0.2) is 18.2 Å². The Morgan fingerprint density at radius 3 is 2.73 bits per heavy atom. The first kappa shape index (κ1) is 17.9. The van der Waals surface area contributed by atoms with Crippen LogP contribution in [0.25, 0.3) is 0 Å². The molecule has 0 aliphatic carbocycles. The fraction of sp³-hybridized carbons (Fsp3) is 0.429. The van der Waals surface area contributed by atoms with E-state index in [4.69, 9.17) is 16.3 Å². The number of amides is 1. The van der Waals surface area contributed by atoms with Crippen molar-refractivity contribution in [1.29, 1.82) is 0 Å². The number of ether oxygens (including phenoxy) is 1. The van der Waals surface area contributed by atoms with Crippen LogP contribution in [-0.4, -0.2) is 29.4 Å². The van der Waals surface area contributed by atoms with E-state index in [-0.39, 0.29) is 16.6 Å². The maximum atomic E-state index is 11.8. The van der Waals surface area contributed by atoms with Crippen LogP contribution < -0.4 is 5.32 Å². The number of nitro benzene ring substituents is 1. The molecule has 22 heavy (non-hydrogen) atoms. The molecule has 7 nitrogen and oxygen atoms in total. The van der Waals surface area contributed by atoms with Gasteiger partial charge in [-0.15, -0.1) is 0 Å². The predicted octanol–water partition coefficient (Wildman–Crippen LogP) is 2.71. The Morgan fingerprint density at radius 2 is 2.14 bits per heavy atom. The van der Waals surface area contributed by atoms with Gasteiger partial charge in [-0.2, -0.15) is 0 Å². The quantitative estimate of drug-likeness (QED) is 0.471. The van der Waals surface area contributed by atoms with Crippen molar-refractivity contribution in [3.05, 3.63) is 38.9 Å². The summed E-state index contributed by atoms with van der Waals surface area (Å²) < 4.78 is 4.80. The van der Waals surface area contributed by atoms with Crippen molar-refractivity contribution in [3.63, 3.8) is 0 Å². The van der Waals surface area contributed by atoms with E-state index in [2.05, 4.69) is 5.32 Å². The number of hydrogen-bond acceptors (Lipinski definition) is 5. The van der Waals surface area contributed by atoms with E-state index in [0.717, 1.165) is 18.9 Å². The molecule has 0 heterocycles. The number of nitrogens with zero attached hydrogens (tertiary/aromatic N) is 1. The maximum Gasteiger partial charge on any atom is 0.345 e. The molecule has 1 rings (SSSR count). The summed E-state index contributed by atoms with van der Waals surface area (Å²) in [5, 5.41) is 13.7. The van der Waals surface area contributed by atoms with Crippen molar-refractivity contribution >= 4 is 29.2 Å². The number of nitro groups is 1. The molecule has 1 aromatic rings. The van der Waals surface area contributed by atoms with Crippen molar-refractivity contribution in [2.45, 2.75) is 32.7 Å². The second-order valence-electron chi connectivity index (χ2n) is 4.75. The highest BCUT2D eigenvalue weighted by atomic mass is 35.5. The minimum absolute atomic E-state index is 0.0268. The zero-order valence-electron chi connectivity index (χ0n) is 12.3. The molecular weight excluding hydrogens is 312 g/mol. The molecule has 120 valence electrons. The average molecular weight is 329 g/mol. The molecule has 1 aromatic carbocycles. The lowest BCUT2D eigenvalue weighted by Crippen LogP contribution is -2.35. The van der Waals surface area contributed by atoms with E-state index in [1.807, 2.05) is 13.8 Å². The van der Waals surface area contributed by atoms with E-state index in [1.54, 1.807) is 0 Å². The largest absolute Gasteiger partial charge is 0.452 e. The molecule has 1 unspecified atom stereocenters. The summed E-state index contributed by atoms with van der Waals surface area (Å²) >= 11 is 5.66. The lowest BCUT2D eigenvalue weighted by atomic mass is 10.2. The molecule has 0 aliphatic rings. The first-order valence-electron chi connectivity index (χ1n) is 6.75. The third-order valence-electron chi connectivity index (χ3n) is 2.84. The zero-order chi connectivity index (χ0) is 16.7. The number of carbonyl (C=O) groups excluding carboxylic acids is 2. The summed E-state index contributed by atoms with van der Waals surface area (Å²) in [6.07, 6.45) is 1.72. The normalized spacial score (nSPS) is 11.6. The third-order valence-corrected chi connectivity index (χ3v) is 3.07. The molecule has 0 saturated carbocycles. The molecule has 1 N–H and O–H groups in total. The van der Waals surface area contributed by atoms with Crippen LogP contribution in [0.1, 0.15) is 37.0 Å². The van der Waals surface area contributed by atoms with Gasteiger partial charge in [0.2, 0.25) is 0 Å². The molecule has 0 saturated heterocycles. The highest BCUT2D eigenvalue weighted by Gasteiger charge is 2.22. The first-order valence-corrected chi connectivity index (χ1v) is 7.13. The number of rotatable bonds is 7. The standard InChI is InChI=1S/C14H17ClN2O5/c1-3-4-9(2)16-13(18)8-22-14(19)11-6-5-10(15)7-12(11)17(20)21/h5-7,9H,3-4,8H2,1-2H3,(H,16,18). The number of benzene rings is 1. The zero-order valence-corrected chi connectivity index (χ0v) is 13.1. The van der Waals surface area contributed by atoms with Crippen LogP contribution in [0.2, 0.25) is 5.02 Å². The Kier molecular flexibility index (Phi) is 6.78. The van der Waals surface area contributed by atoms with E-state index in [9.17, 15) is 19.7 Å². The average Bonchev–Trinajstić information content (AvgIpc) is 2.44. The summed E-state index contributed by atoms with van der Waals surface area (Å²) in [7, 11) is 0. The minimum Gasteiger partial charge on any atom is -0.452 e. The molecule has 0 aromatic heterocycles. The van der Waals surface area contributed by atoms with Gasteiger partial charge in [-0.1, -0.05) is 24.9 Å². The topological polar surface area (TPSA) is 98.5 Å². The fourth-order valence-corrected chi connectivity index (χ4v) is 2.03. The Hall–Kier alpha value is -2.15. The molecule has 0 fully saturated rings. The van der Waals surface area contributed by atoms with Crippen LogP contribution in [-0.2, 0) is 9.53 Å². The van der Waals surface area contributed by atoms with Gasteiger partial charge in [0.05, 0.1) is 4.92 Å². The second kappa shape index (κ2) is 8.33. The third kappa shape index (κ3) is 5.33. The van der Waals surface area contributed by atoms with E-state index < -0.39 is 29.1 Å². The SMILES string of the molecule is CCCC(C)NC(=O)COC(=O)c1ccc(Cl)cc1[N+](=O)[O-]. The first-order chi connectivity index (χ1) is 10.3.